The Bertz CT molecular complexity index is 646. The summed E-state index contributed by atoms with van der Waals surface area (Å²) in [7, 11) is 0. The normalized spacial score (nSPS) is 27.4. The topological polar surface area (TPSA) is 37.1 Å². The van der Waals surface area contributed by atoms with Crippen molar-refractivity contribution in [3.8, 4) is 0 Å². The molecule has 1 aliphatic heterocycles. The van der Waals surface area contributed by atoms with Gasteiger partial charge in [-0.1, -0.05) is 44.9 Å². The molecule has 2 N–H and O–H groups in total. The lowest BCUT2D eigenvalue weighted by Crippen LogP contribution is -3.16. The van der Waals surface area contributed by atoms with Gasteiger partial charge in [-0.15, -0.1) is 0 Å². The monoisotopic (exact) mass is 423 g/mol. The predicted molar refractivity (Wildman–Crippen MR) is 121 cm³/mol. The van der Waals surface area contributed by atoms with E-state index in [-0.39, 0.29) is 6.10 Å². The van der Waals surface area contributed by atoms with Gasteiger partial charge in [0.05, 0.1) is 38.9 Å². The standard InChI is InChI=1S/C24H39ClN2O2/c1-17(2)22-8-5-18(3)13-24(22)29-16-21(28)15-26-9-11-27(12-10-26)23-14-20(25)7-6-19(23)4/h6-7,14,17-18,21-22,24,28H,5,8-13,15-16H2,1-4H3/p+1. The van der Waals surface area contributed by atoms with Crippen LogP contribution in [-0.2, 0) is 4.74 Å². The van der Waals surface area contributed by atoms with Crippen molar-refractivity contribution in [2.24, 2.45) is 17.8 Å². The van der Waals surface area contributed by atoms with Crippen molar-refractivity contribution in [1.29, 1.82) is 0 Å². The van der Waals surface area contributed by atoms with Crippen molar-refractivity contribution in [3.05, 3.63) is 28.8 Å². The number of quaternary nitrogens is 1. The average molecular weight is 424 g/mol. The van der Waals surface area contributed by atoms with Crippen molar-refractivity contribution in [1.82, 2.24) is 0 Å². The molecule has 0 radical (unpaired) electrons. The van der Waals surface area contributed by atoms with Gasteiger partial charge in [-0.05, 0) is 55.2 Å². The summed E-state index contributed by atoms with van der Waals surface area (Å²) in [4.78, 5) is 3.89. The number of rotatable bonds is 7. The highest BCUT2D eigenvalue weighted by molar-refractivity contribution is 6.30. The molecule has 1 aromatic carbocycles. The molecule has 0 amide bonds. The Labute approximate surface area is 182 Å². The van der Waals surface area contributed by atoms with Gasteiger partial charge in [-0.2, -0.15) is 0 Å². The van der Waals surface area contributed by atoms with Crippen LogP contribution in [0.2, 0.25) is 5.02 Å². The molecule has 3 rings (SSSR count). The van der Waals surface area contributed by atoms with Gasteiger partial charge in [0.15, 0.2) is 0 Å². The van der Waals surface area contributed by atoms with E-state index in [1.54, 1.807) is 0 Å². The summed E-state index contributed by atoms with van der Waals surface area (Å²) in [5.74, 6) is 2.02. The number of halogens is 1. The second kappa shape index (κ2) is 10.5. The SMILES string of the molecule is Cc1ccc(Cl)cc1N1CC[NH+](CC(O)COC2CC(C)CCC2C(C)C)CC1. The number of aliphatic hydroxyl groups is 1. The summed E-state index contributed by atoms with van der Waals surface area (Å²) in [6, 6.07) is 6.12. The Morgan fingerprint density at radius 1 is 1.24 bits per heavy atom. The average Bonchev–Trinajstić information content (AvgIpc) is 2.69. The molecule has 164 valence electrons. The minimum atomic E-state index is -0.380. The van der Waals surface area contributed by atoms with Gasteiger partial charge in [0.2, 0.25) is 0 Å². The first kappa shape index (κ1) is 22.9. The van der Waals surface area contributed by atoms with Crippen molar-refractivity contribution >= 4 is 17.3 Å². The molecule has 0 spiro atoms. The molecule has 1 aromatic rings. The van der Waals surface area contributed by atoms with Gasteiger partial charge in [-0.25, -0.2) is 0 Å². The molecule has 1 saturated carbocycles. The number of nitrogens with zero attached hydrogens (tertiary/aromatic N) is 1. The van der Waals surface area contributed by atoms with Crippen molar-refractivity contribution < 1.29 is 14.7 Å². The van der Waals surface area contributed by atoms with Crippen LogP contribution in [0, 0.1) is 24.7 Å². The third-order valence-corrected chi connectivity index (χ3v) is 7.21. The van der Waals surface area contributed by atoms with E-state index in [1.165, 1.54) is 29.0 Å². The maximum absolute atomic E-state index is 10.6. The molecule has 4 unspecified atom stereocenters. The molecule has 2 aliphatic rings. The number of nitrogens with one attached hydrogen (secondary N) is 1. The summed E-state index contributed by atoms with van der Waals surface area (Å²) in [6.45, 7) is 14.4. The Morgan fingerprint density at radius 2 is 1.97 bits per heavy atom. The molecule has 5 heteroatoms. The molecule has 4 nitrogen and oxygen atoms in total. The van der Waals surface area contributed by atoms with E-state index >= 15 is 0 Å². The third kappa shape index (κ3) is 6.33. The van der Waals surface area contributed by atoms with E-state index in [2.05, 4.69) is 44.7 Å². The number of hydrogen-bond acceptors (Lipinski definition) is 3. The van der Waals surface area contributed by atoms with E-state index in [9.17, 15) is 5.11 Å². The molecule has 2 fully saturated rings. The fourth-order valence-electron chi connectivity index (χ4n) is 5.12. The van der Waals surface area contributed by atoms with Crippen LogP contribution in [0.25, 0.3) is 0 Å². The van der Waals surface area contributed by atoms with Gasteiger partial charge in [0.25, 0.3) is 0 Å². The lowest BCUT2D eigenvalue weighted by atomic mass is 9.75. The van der Waals surface area contributed by atoms with Crippen molar-refractivity contribution in [2.75, 3.05) is 44.2 Å². The van der Waals surface area contributed by atoms with Crippen molar-refractivity contribution in [3.63, 3.8) is 0 Å². The van der Waals surface area contributed by atoms with E-state index in [0.29, 0.717) is 24.5 Å². The minimum Gasteiger partial charge on any atom is -0.385 e. The van der Waals surface area contributed by atoms with Crippen LogP contribution in [0.3, 0.4) is 0 Å². The number of hydrogen-bond donors (Lipinski definition) is 2. The summed E-state index contributed by atoms with van der Waals surface area (Å²) in [5.41, 5.74) is 2.51. The van der Waals surface area contributed by atoms with E-state index in [0.717, 1.165) is 50.1 Å². The largest absolute Gasteiger partial charge is 0.385 e. The smallest absolute Gasteiger partial charge is 0.126 e. The first-order chi connectivity index (χ1) is 13.8. The molecular weight excluding hydrogens is 384 g/mol. The maximum Gasteiger partial charge on any atom is 0.126 e. The first-order valence-electron chi connectivity index (χ1n) is 11.5. The molecule has 4 atom stereocenters. The van der Waals surface area contributed by atoms with Gasteiger partial charge in [-0.3, -0.25) is 0 Å². The number of anilines is 1. The highest BCUT2D eigenvalue weighted by Gasteiger charge is 2.32. The Balaban J connectivity index is 1.43. The van der Waals surface area contributed by atoms with Crippen LogP contribution in [0.4, 0.5) is 5.69 Å². The van der Waals surface area contributed by atoms with E-state index < -0.39 is 0 Å². The van der Waals surface area contributed by atoms with Crippen LogP contribution in [0.1, 0.15) is 45.6 Å². The molecule has 0 bridgehead atoms. The molecule has 0 aromatic heterocycles. The van der Waals surface area contributed by atoms with Crippen LogP contribution < -0.4 is 9.80 Å². The summed E-state index contributed by atoms with van der Waals surface area (Å²) in [5, 5.41) is 11.4. The van der Waals surface area contributed by atoms with Crippen LogP contribution in [0.5, 0.6) is 0 Å². The van der Waals surface area contributed by atoms with E-state index in [1.807, 2.05) is 6.07 Å². The number of piperazine rings is 1. The Kier molecular flexibility index (Phi) is 8.26. The Hall–Kier alpha value is -0.810. The lowest BCUT2D eigenvalue weighted by Gasteiger charge is -2.38. The molecular formula is C24H40ClN2O2+. The minimum absolute atomic E-state index is 0.311. The number of aliphatic hydroxyl groups excluding tert-OH is 1. The fraction of sp³-hybridized carbons (Fsp3) is 0.750. The second-order valence-electron chi connectivity index (χ2n) is 9.72. The summed E-state index contributed by atoms with van der Waals surface area (Å²) < 4.78 is 6.26. The fourth-order valence-corrected chi connectivity index (χ4v) is 5.29. The van der Waals surface area contributed by atoms with Gasteiger partial charge >= 0.3 is 0 Å². The van der Waals surface area contributed by atoms with Crippen LogP contribution in [-0.4, -0.2) is 56.6 Å². The Morgan fingerprint density at radius 3 is 2.66 bits per heavy atom. The molecule has 29 heavy (non-hydrogen) atoms. The number of ether oxygens (including phenoxy) is 1. The third-order valence-electron chi connectivity index (χ3n) is 6.97. The summed E-state index contributed by atoms with van der Waals surface area (Å²) in [6.07, 6.45) is 3.64. The quantitative estimate of drug-likeness (QED) is 0.707. The van der Waals surface area contributed by atoms with Gasteiger partial charge < -0.3 is 19.6 Å². The second-order valence-corrected chi connectivity index (χ2v) is 10.2. The molecule has 1 saturated heterocycles. The van der Waals surface area contributed by atoms with E-state index in [4.69, 9.17) is 16.3 Å². The zero-order chi connectivity index (χ0) is 21.0. The van der Waals surface area contributed by atoms with Crippen LogP contribution in [0.15, 0.2) is 18.2 Å². The number of benzene rings is 1. The number of aryl methyl sites for hydroxylation is 1. The molecule has 1 heterocycles. The maximum atomic E-state index is 10.6. The highest BCUT2D eigenvalue weighted by Crippen LogP contribution is 2.35. The predicted octanol–water partition coefficient (Wildman–Crippen LogP) is 3.19. The van der Waals surface area contributed by atoms with Crippen molar-refractivity contribution in [2.45, 2.75) is 59.2 Å². The van der Waals surface area contributed by atoms with Gasteiger partial charge in [0, 0.05) is 10.7 Å². The van der Waals surface area contributed by atoms with Crippen LogP contribution >= 0.6 is 11.6 Å². The zero-order valence-corrected chi connectivity index (χ0v) is 19.4. The zero-order valence-electron chi connectivity index (χ0n) is 18.7. The summed E-state index contributed by atoms with van der Waals surface area (Å²) >= 11 is 6.19. The lowest BCUT2D eigenvalue weighted by molar-refractivity contribution is -0.903. The molecule has 1 aliphatic carbocycles. The highest BCUT2D eigenvalue weighted by atomic mass is 35.5. The van der Waals surface area contributed by atoms with Gasteiger partial charge in [0.1, 0.15) is 12.6 Å². The first-order valence-corrected chi connectivity index (χ1v) is 11.9.